The number of ether oxygens (including phenoxy) is 1. The van der Waals surface area contributed by atoms with E-state index in [-0.39, 0.29) is 22.4 Å². The molecule has 1 heterocycles. The second-order valence-electron chi connectivity index (χ2n) is 3.64. The zero-order valence-electron chi connectivity index (χ0n) is 9.58. The van der Waals surface area contributed by atoms with E-state index in [2.05, 4.69) is 4.98 Å². The molecule has 19 heavy (non-hydrogen) atoms. The van der Waals surface area contributed by atoms with Crippen molar-refractivity contribution in [3.63, 3.8) is 0 Å². The van der Waals surface area contributed by atoms with Crippen molar-refractivity contribution >= 4 is 31.3 Å². The van der Waals surface area contributed by atoms with Gasteiger partial charge in [-0.1, -0.05) is 41.9 Å². The average molecular weight is 318 g/mol. The second kappa shape index (κ2) is 5.77. The number of aromatic nitrogens is 1. The largest absolute Gasteiger partial charge is 0.487 e. The molecule has 2 aromatic rings. The molecule has 100 valence electrons. The van der Waals surface area contributed by atoms with Crippen molar-refractivity contribution in [2.45, 2.75) is 11.5 Å². The van der Waals surface area contributed by atoms with Crippen molar-refractivity contribution in [3.8, 4) is 5.75 Å². The summed E-state index contributed by atoms with van der Waals surface area (Å²) in [7, 11) is 1.30. The Hall–Kier alpha value is -1.30. The molecule has 0 amide bonds. The predicted molar refractivity (Wildman–Crippen MR) is 73.1 cm³/mol. The molecule has 0 fully saturated rings. The summed E-state index contributed by atoms with van der Waals surface area (Å²) in [5, 5.41) is -0.208. The average Bonchev–Trinajstić information content (AvgIpc) is 2.36. The summed E-state index contributed by atoms with van der Waals surface area (Å²) in [6, 6.07) is 10.7. The minimum Gasteiger partial charge on any atom is -0.487 e. The highest BCUT2D eigenvalue weighted by Gasteiger charge is 2.22. The van der Waals surface area contributed by atoms with Crippen LogP contribution in [0.5, 0.6) is 5.75 Å². The molecule has 1 aromatic carbocycles. The lowest BCUT2D eigenvalue weighted by atomic mass is 10.2. The third-order valence-corrected chi connectivity index (χ3v) is 4.05. The van der Waals surface area contributed by atoms with Gasteiger partial charge in [0.15, 0.2) is 10.0 Å². The van der Waals surface area contributed by atoms with Crippen LogP contribution in [-0.2, 0) is 15.7 Å². The van der Waals surface area contributed by atoms with Gasteiger partial charge < -0.3 is 4.74 Å². The molecule has 7 heteroatoms. The molecule has 0 aliphatic rings. The number of hydrogen-bond donors (Lipinski definition) is 0. The van der Waals surface area contributed by atoms with Crippen LogP contribution in [0.15, 0.2) is 47.5 Å². The molecule has 1 aromatic heterocycles. The highest BCUT2D eigenvalue weighted by molar-refractivity contribution is 8.13. The summed E-state index contributed by atoms with van der Waals surface area (Å²) < 4.78 is 28.3. The van der Waals surface area contributed by atoms with Crippen molar-refractivity contribution in [2.24, 2.45) is 0 Å². The van der Waals surface area contributed by atoms with Gasteiger partial charge in [0.1, 0.15) is 12.4 Å². The van der Waals surface area contributed by atoms with Gasteiger partial charge in [-0.3, -0.25) is 0 Å². The molecule has 0 aliphatic carbocycles. The van der Waals surface area contributed by atoms with E-state index in [4.69, 9.17) is 27.0 Å². The Morgan fingerprint density at radius 2 is 1.84 bits per heavy atom. The van der Waals surface area contributed by atoms with Crippen LogP contribution in [0.2, 0.25) is 5.15 Å². The first kappa shape index (κ1) is 14.1. The third-order valence-electron chi connectivity index (χ3n) is 2.31. The minimum atomic E-state index is -4.02. The normalized spacial score (nSPS) is 11.3. The van der Waals surface area contributed by atoms with Crippen LogP contribution < -0.4 is 4.74 Å². The summed E-state index contributed by atoms with van der Waals surface area (Å²) in [5.74, 6) is 0.0823. The molecular formula is C12H9Cl2NO3S. The van der Waals surface area contributed by atoms with Gasteiger partial charge in [0.25, 0.3) is 9.05 Å². The van der Waals surface area contributed by atoms with E-state index >= 15 is 0 Å². The molecule has 0 unspecified atom stereocenters. The predicted octanol–water partition coefficient (Wildman–Crippen LogP) is 3.24. The lowest BCUT2D eigenvalue weighted by Gasteiger charge is -2.10. The molecule has 0 bridgehead atoms. The Bertz CT molecular complexity index is 675. The Balaban J connectivity index is 2.29. The van der Waals surface area contributed by atoms with Crippen molar-refractivity contribution in [1.82, 2.24) is 4.98 Å². The van der Waals surface area contributed by atoms with Gasteiger partial charge in [-0.2, -0.15) is 0 Å². The fourth-order valence-corrected chi connectivity index (χ4v) is 3.12. The summed E-state index contributed by atoms with van der Waals surface area (Å²) in [4.78, 5) is 3.37. The molecule has 0 aliphatic heterocycles. The van der Waals surface area contributed by atoms with Crippen molar-refractivity contribution < 1.29 is 13.2 Å². The molecular weight excluding hydrogens is 309 g/mol. The Kier molecular flexibility index (Phi) is 4.29. The number of hydrogen-bond acceptors (Lipinski definition) is 4. The zero-order valence-corrected chi connectivity index (χ0v) is 11.9. The van der Waals surface area contributed by atoms with Crippen LogP contribution in [0.4, 0.5) is 0 Å². The van der Waals surface area contributed by atoms with Gasteiger partial charge in [0.05, 0.1) is 0 Å². The maximum Gasteiger partial charge on any atom is 0.268 e. The van der Waals surface area contributed by atoms with Crippen LogP contribution in [0.3, 0.4) is 0 Å². The first-order valence-electron chi connectivity index (χ1n) is 5.24. The smallest absolute Gasteiger partial charge is 0.268 e. The van der Waals surface area contributed by atoms with E-state index in [1.54, 1.807) is 0 Å². The van der Waals surface area contributed by atoms with E-state index in [1.807, 2.05) is 30.3 Å². The summed E-state index contributed by atoms with van der Waals surface area (Å²) in [6.45, 7) is 0.209. The lowest BCUT2D eigenvalue weighted by Crippen LogP contribution is -2.02. The Labute approximate surface area is 120 Å². The third kappa shape index (κ3) is 3.59. The fourth-order valence-electron chi connectivity index (χ4n) is 1.48. The highest BCUT2D eigenvalue weighted by Crippen LogP contribution is 2.32. The van der Waals surface area contributed by atoms with E-state index in [0.29, 0.717) is 0 Å². The number of pyridine rings is 1. The van der Waals surface area contributed by atoms with E-state index < -0.39 is 9.05 Å². The van der Waals surface area contributed by atoms with E-state index in [9.17, 15) is 8.42 Å². The summed E-state index contributed by atoms with van der Waals surface area (Å²) >= 11 is 5.74. The molecule has 0 saturated carbocycles. The number of nitrogens with zero attached hydrogens (tertiary/aromatic N) is 1. The summed E-state index contributed by atoms with van der Waals surface area (Å²) in [6.07, 6.45) is 1.36. The topological polar surface area (TPSA) is 56.3 Å². The monoisotopic (exact) mass is 317 g/mol. The van der Waals surface area contributed by atoms with Crippen LogP contribution in [0, 0.1) is 0 Å². The molecule has 0 radical (unpaired) electrons. The van der Waals surface area contributed by atoms with Gasteiger partial charge in [-0.25, -0.2) is 13.4 Å². The van der Waals surface area contributed by atoms with Gasteiger partial charge in [0.2, 0.25) is 0 Å². The van der Waals surface area contributed by atoms with Crippen LogP contribution in [0.1, 0.15) is 5.56 Å². The maximum atomic E-state index is 11.4. The summed E-state index contributed by atoms with van der Waals surface area (Å²) in [5.41, 5.74) is 0.897. The zero-order chi connectivity index (χ0) is 13.9. The van der Waals surface area contributed by atoms with Gasteiger partial charge in [-0.05, 0) is 5.56 Å². The number of halogens is 2. The first-order valence-corrected chi connectivity index (χ1v) is 7.93. The number of rotatable bonds is 4. The van der Waals surface area contributed by atoms with Crippen LogP contribution >= 0.6 is 22.3 Å². The van der Waals surface area contributed by atoms with Crippen LogP contribution in [0.25, 0.3) is 0 Å². The van der Waals surface area contributed by atoms with Crippen molar-refractivity contribution in [3.05, 3.63) is 53.3 Å². The Morgan fingerprint density at radius 1 is 1.16 bits per heavy atom. The molecule has 2 rings (SSSR count). The first-order chi connectivity index (χ1) is 8.98. The van der Waals surface area contributed by atoms with E-state index in [1.165, 1.54) is 12.3 Å². The van der Waals surface area contributed by atoms with Gasteiger partial charge in [-0.15, -0.1) is 0 Å². The molecule has 0 N–H and O–H groups in total. The lowest BCUT2D eigenvalue weighted by molar-refractivity contribution is 0.297. The second-order valence-corrected chi connectivity index (χ2v) is 6.50. The standard InChI is InChI=1S/C12H9Cl2NO3S/c13-12-11(19(14,16)17)10(6-7-15-12)18-8-9-4-2-1-3-5-9/h1-7H,8H2. The SMILES string of the molecule is O=S(=O)(Cl)c1c(OCc2ccccc2)ccnc1Cl. The van der Waals surface area contributed by atoms with Crippen LogP contribution in [-0.4, -0.2) is 13.4 Å². The van der Waals surface area contributed by atoms with Gasteiger partial charge in [0, 0.05) is 22.9 Å². The molecule has 4 nitrogen and oxygen atoms in total. The molecule has 0 spiro atoms. The van der Waals surface area contributed by atoms with Crippen molar-refractivity contribution in [1.29, 1.82) is 0 Å². The quantitative estimate of drug-likeness (QED) is 0.641. The Morgan fingerprint density at radius 3 is 2.47 bits per heavy atom. The highest BCUT2D eigenvalue weighted by atomic mass is 35.7. The maximum absolute atomic E-state index is 11.4. The molecule has 0 saturated heterocycles. The van der Waals surface area contributed by atoms with Crippen molar-refractivity contribution in [2.75, 3.05) is 0 Å². The molecule has 0 atom stereocenters. The number of benzene rings is 1. The minimum absolute atomic E-state index is 0.0823. The van der Waals surface area contributed by atoms with Gasteiger partial charge >= 0.3 is 0 Å². The fraction of sp³-hybridized carbons (Fsp3) is 0.0833. The van der Waals surface area contributed by atoms with E-state index in [0.717, 1.165) is 5.56 Å².